The summed E-state index contributed by atoms with van der Waals surface area (Å²) in [6, 6.07) is 0. The number of rotatable bonds is 14. The van der Waals surface area contributed by atoms with Crippen molar-refractivity contribution in [2.45, 2.75) is 85.8 Å². The molecule has 0 N–H and O–H groups in total. The molecule has 0 unspecified atom stereocenters. The Bertz CT molecular complexity index is 1150. The molecule has 278 valence electrons. The molecular weight excluding hydrogens is 770 g/mol. The molecule has 0 aliphatic carbocycles. The maximum Gasteiger partial charge on any atom is 0.438 e. The van der Waals surface area contributed by atoms with Gasteiger partial charge in [-0.2, -0.15) is 105 Å². The molecule has 0 aromatic heterocycles. The van der Waals surface area contributed by atoms with E-state index >= 15 is 0 Å². The molecule has 0 radical (unpaired) electrons. The fourth-order valence-corrected chi connectivity index (χ4v) is 5.04. The van der Waals surface area contributed by atoms with Gasteiger partial charge >= 0.3 is 59.7 Å². The van der Waals surface area contributed by atoms with Gasteiger partial charge in [-0.05, 0) is 6.92 Å². The van der Waals surface area contributed by atoms with Gasteiger partial charge in [-0.25, -0.2) is 17.1 Å². The quantitative estimate of drug-likeness (QED) is 0.107. The Morgan fingerprint density at radius 1 is 0.435 bits per heavy atom. The van der Waals surface area contributed by atoms with Crippen LogP contribution in [0.25, 0.3) is 0 Å². The van der Waals surface area contributed by atoms with Crippen LogP contribution in [0, 0.1) is 0 Å². The van der Waals surface area contributed by atoms with Gasteiger partial charge in [0.05, 0.1) is 11.5 Å². The first-order valence-corrected chi connectivity index (χ1v) is 13.6. The summed E-state index contributed by atoms with van der Waals surface area (Å²) in [7, 11) is -12.3. The Morgan fingerprint density at radius 3 is 0.804 bits per heavy atom. The maximum absolute atomic E-state index is 13.7. The first-order valence-electron chi connectivity index (χ1n) is 10.5. The first-order chi connectivity index (χ1) is 19.5. The van der Waals surface area contributed by atoms with Crippen LogP contribution in [0.3, 0.4) is 0 Å². The Balaban J connectivity index is 5.88. The van der Waals surface area contributed by atoms with Crippen LogP contribution in [0.4, 0.5) is 96.6 Å². The van der Waals surface area contributed by atoms with E-state index in [1.54, 1.807) is 0 Å². The van der Waals surface area contributed by atoms with E-state index in [4.69, 9.17) is 0 Å². The lowest BCUT2D eigenvalue weighted by atomic mass is 9.89. The number of hydrogen-bond donors (Lipinski definition) is 0. The lowest BCUT2D eigenvalue weighted by molar-refractivity contribution is -0.427. The predicted octanol–water partition coefficient (Wildman–Crippen LogP) is 7.01. The Labute approximate surface area is 240 Å². The zero-order chi connectivity index (χ0) is 37.8. The molecular formula is C16H12F22O6S2. The van der Waals surface area contributed by atoms with E-state index in [2.05, 4.69) is 8.37 Å². The van der Waals surface area contributed by atoms with Crippen molar-refractivity contribution in [3.05, 3.63) is 0 Å². The average molecular weight is 782 g/mol. The van der Waals surface area contributed by atoms with Gasteiger partial charge in [0, 0.05) is 12.8 Å². The van der Waals surface area contributed by atoms with Gasteiger partial charge in [0.15, 0.2) is 6.29 Å². The smallest absolute Gasteiger partial charge is 0.237 e. The summed E-state index contributed by atoms with van der Waals surface area (Å²) in [5, 5.41) is 0. The third-order valence-electron chi connectivity index (χ3n) is 5.24. The van der Waals surface area contributed by atoms with Crippen LogP contribution in [0.2, 0.25) is 0 Å². The SMILES string of the molecule is CC(OS(=O)(=O)CCC(F)(F)C(F)(F)C(F)(C(F)(F)F)C(F)(F)F)OS(=O)(=O)CCC(F)(F)C(F)(F)C(F)(C(F)(F)F)C(F)(F)F. The van der Waals surface area contributed by atoms with E-state index in [-0.39, 0.29) is 6.92 Å². The standard InChI is InChI=1S/C16H12F22O6S2/c1-6(43-45(39,40)4-2-7(17,18)11(23,24)9(21,13(27,28)29)14(30,31)32)44-46(41,42)5-3-8(19,20)12(25,26)10(22,15(33,34)35)16(36,37)38/h6H,2-5H2,1H3. The van der Waals surface area contributed by atoms with Gasteiger partial charge in [0.1, 0.15) is 0 Å². The summed E-state index contributed by atoms with van der Waals surface area (Å²) in [4.78, 5) is 0. The molecule has 0 saturated heterocycles. The van der Waals surface area contributed by atoms with Gasteiger partial charge in [-0.1, -0.05) is 0 Å². The van der Waals surface area contributed by atoms with Gasteiger partial charge < -0.3 is 0 Å². The zero-order valence-electron chi connectivity index (χ0n) is 21.0. The van der Waals surface area contributed by atoms with Gasteiger partial charge in [-0.15, -0.1) is 0 Å². The lowest BCUT2D eigenvalue weighted by Crippen LogP contribution is -2.70. The highest BCUT2D eigenvalue weighted by atomic mass is 32.2. The summed E-state index contributed by atoms with van der Waals surface area (Å²) in [5.41, 5.74) is -16.0. The van der Waals surface area contributed by atoms with Crippen molar-refractivity contribution < 1.29 is 122 Å². The van der Waals surface area contributed by atoms with Gasteiger partial charge in [-0.3, -0.25) is 0 Å². The highest BCUT2D eigenvalue weighted by molar-refractivity contribution is 7.87. The third kappa shape index (κ3) is 8.11. The second-order valence-electron chi connectivity index (χ2n) is 8.65. The van der Waals surface area contributed by atoms with Crippen LogP contribution < -0.4 is 0 Å². The summed E-state index contributed by atoms with van der Waals surface area (Å²) in [6.07, 6.45) is -41.2. The molecule has 46 heavy (non-hydrogen) atoms. The van der Waals surface area contributed by atoms with Gasteiger partial charge in [0.25, 0.3) is 20.2 Å². The Morgan fingerprint density at radius 2 is 0.630 bits per heavy atom. The second-order valence-corrected chi connectivity index (χ2v) is 12.1. The van der Waals surface area contributed by atoms with Crippen molar-refractivity contribution in [3.8, 4) is 0 Å². The summed E-state index contributed by atoms with van der Waals surface area (Å²) < 4.78 is 339. The zero-order valence-corrected chi connectivity index (χ0v) is 22.6. The largest absolute Gasteiger partial charge is 0.438 e. The van der Waals surface area contributed by atoms with Crippen LogP contribution >= 0.6 is 0 Å². The van der Waals surface area contributed by atoms with Crippen LogP contribution in [0.1, 0.15) is 19.8 Å². The summed E-state index contributed by atoms with van der Waals surface area (Å²) in [6.45, 7) is -0.0472. The van der Waals surface area contributed by atoms with Crippen molar-refractivity contribution in [2.24, 2.45) is 0 Å². The van der Waals surface area contributed by atoms with Crippen molar-refractivity contribution in [3.63, 3.8) is 0 Å². The van der Waals surface area contributed by atoms with Crippen LogP contribution in [-0.4, -0.2) is 94.4 Å². The highest BCUT2D eigenvalue weighted by Gasteiger charge is 2.91. The molecule has 0 spiro atoms. The molecule has 30 heteroatoms. The molecule has 0 heterocycles. The molecule has 0 fully saturated rings. The predicted molar refractivity (Wildman–Crippen MR) is 100 cm³/mol. The maximum atomic E-state index is 13.7. The highest BCUT2D eigenvalue weighted by Crippen LogP contribution is 2.61. The van der Waals surface area contributed by atoms with Crippen molar-refractivity contribution in [1.29, 1.82) is 0 Å². The van der Waals surface area contributed by atoms with Crippen LogP contribution in [-0.2, 0) is 28.6 Å². The first kappa shape index (κ1) is 44.3. The topological polar surface area (TPSA) is 86.7 Å². The third-order valence-corrected chi connectivity index (χ3v) is 7.78. The van der Waals surface area contributed by atoms with E-state index < -0.39 is 111 Å². The molecule has 0 atom stereocenters. The minimum Gasteiger partial charge on any atom is -0.237 e. The lowest BCUT2D eigenvalue weighted by Gasteiger charge is -2.39. The van der Waals surface area contributed by atoms with E-state index in [1.165, 1.54) is 0 Å². The molecule has 0 saturated carbocycles. The van der Waals surface area contributed by atoms with Crippen molar-refractivity contribution >= 4 is 20.2 Å². The van der Waals surface area contributed by atoms with E-state index in [0.29, 0.717) is 0 Å². The molecule has 0 aliphatic heterocycles. The molecule has 0 rings (SSSR count). The van der Waals surface area contributed by atoms with Crippen molar-refractivity contribution in [2.75, 3.05) is 11.5 Å². The molecule has 6 nitrogen and oxygen atoms in total. The molecule has 0 bridgehead atoms. The monoisotopic (exact) mass is 782 g/mol. The molecule has 0 aliphatic rings. The second kappa shape index (κ2) is 12.3. The number of alkyl halides is 22. The minimum absolute atomic E-state index is 0.0472. The average Bonchev–Trinajstić information content (AvgIpc) is 2.76. The number of halogens is 22. The van der Waals surface area contributed by atoms with Crippen LogP contribution in [0.5, 0.6) is 0 Å². The van der Waals surface area contributed by atoms with Crippen molar-refractivity contribution in [1.82, 2.24) is 0 Å². The van der Waals surface area contributed by atoms with Crippen LogP contribution in [0.15, 0.2) is 0 Å². The summed E-state index contributed by atoms with van der Waals surface area (Å²) >= 11 is 0. The number of hydrogen-bond acceptors (Lipinski definition) is 6. The fourth-order valence-electron chi connectivity index (χ4n) is 2.88. The fraction of sp³-hybridized carbons (Fsp3) is 1.00. The van der Waals surface area contributed by atoms with E-state index in [0.717, 1.165) is 0 Å². The van der Waals surface area contributed by atoms with Gasteiger partial charge in [0.2, 0.25) is 0 Å². The Hall–Kier alpha value is -1.72. The molecule has 0 aromatic rings. The molecule has 0 aromatic carbocycles. The van der Waals surface area contributed by atoms with E-state index in [9.17, 15) is 113 Å². The molecule has 0 amide bonds. The normalized spacial score (nSPS) is 16.3. The van der Waals surface area contributed by atoms with E-state index in [1.807, 2.05) is 0 Å². The summed E-state index contributed by atoms with van der Waals surface area (Å²) in [5.74, 6) is -35.1. The Kier molecular flexibility index (Phi) is 11.8. The minimum atomic E-state index is -8.01.